The van der Waals surface area contributed by atoms with Gasteiger partial charge in [0.05, 0.1) is 0 Å². The molecule has 0 saturated carbocycles. The van der Waals surface area contributed by atoms with Crippen molar-refractivity contribution in [1.29, 1.82) is 0 Å². The lowest BCUT2D eigenvalue weighted by Crippen LogP contribution is -2.03. The van der Waals surface area contributed by atoms with Crippen LogP contribution in [0.3, 0.4) is 0 Å². The van der Waals surface area contributed by atoms with E-state index in [1.165, 1.54) is 11.1 Å². The topological polar surface area (TPSA) is 60.9 Å². The average molecular weight is 420 g/mol. The molecule has 2 heterocycles. The number of benzene rings is 2. The summed E-state index contributed by atoms with van der Waals surface area (Å²) in [6.07, 6.45) is 0. The highest BCUT2D eigenvalue weighted by atomic mass is 32.2. The van der Waals surface area contributed by atoms with Gasteiger partial charge >= 0.3 is 5.63 Å². The Morgan fingerprint density at radius 1 is 1.03 bits per heavy atom. The Morgan fingerprint density at radius 2 is 1.77 bits per heavy atom. The largest absolute Gasteiger partial charge is 0.423 e. The second kappa shape index (κ2) is 8.11. The SMILES string of the molecule is Cc1ccc(-n2c(C)nnc2SCc2cc(=O)oc3cc(C)c(C(C)C)cc23)cc1. The van der Waals surface area contributed by atoms with Gasteiger partial charge in [-0.05, 0) is 67.6 Å². The van der Waals surface area contributed by atoms with Crippen molar-refractivity contribution in [1.82, 2.24) is 14.8 Å². The molecular weight excluding hydrogens is 394 g/mol. The van der Waals surface area contributed by atoms with Crippen LogP contribution in [0.5, 0.6) is 0 Å². The smallest absolute Gasteiger partial charge is 0.336 e. The molecule has 0 fully saturated rings. The zero-order valence-electron chi connectivity index (χ0n) is 17.9. The van der Waals surface area contributed by atoms with Crippen LogP contribution in [-0.4, -0.2) is 14.8 Å². The van der Waals surface area contributed by atoms with Crippen molar-refractivity contribution in [2.45, 2.75) is 51.4 Å². The van der Waals surface area contributed by atoms with Crippen LogP contribution in [0.15, 0.2) is 56.8 Å². The quantitative estimate of drug-likeness (QED) is 0.306. The Morgan fingerprint density at radius 3 is 2.47 bits per heavy atom. The molecule has 154 valence electrons. The molecule has 0 aliphatic rings. The third kappa shape index (κ3) is 3.92. The number of rotatable bonds is 5. The highest BCUT2D eigenvalue weighted by molar-refractivity contribution is 7.98. The third-order valence-corrected chi connectivity index (χ3v) is 6.26. The van der Waals surface area contributed by atoms with Crippen LogP contribution >= 0.6 is 11.8 Å². The fraction of sp³-hybridized carbons (Fsp3) is 0.292. The molecule has 0 N–H and O–H groups in total. The van der Waals surface area contributed by atoms with E-state index < -0.39 is 0 Å². The van der Waals surface area contributed by atoms with E-state index in [4.69, 9.17) is 4.42 Å². The Hall–Kier alpha value is -2.86. The minimum Gasteiger partial charge on any atom is -0.423 e. The zero-order chi connectivity index (χ0) is 21.4. The fourth-order valence-electron chi connectivity index (χ4n) is 3.70. The van der Waals surface area contributed by atoms with Crippen molar-refractivity contribution in [3.63, 3.8) is 0 Å². The van der Waals surface area contributed by atoms with Crippen LogP contribution < -0.4 is 5.63 Å². The summed E-state index contributed by atoms with van der Waals surface area (Å²) in [5.41, 5.74) is 5.89. The molecule has 0 radical (unpaired) electrons. The van der Waals surface area contributed by atoms with E-state index in [-0.39, 0.29) is 5.63 Å². The van der Waals surface area contributed by atoms with Crippen molar-refractivity contribution in [2.24, 2.45) is 0 Å². The van der Waals surface area contributed by atoms with Gasteiger partial charge in [-0.25, -0.2) is 4.79 Å². The van der Waals surface area contributed by atoms with E-state index in [9.17, 15) is 4.79 Å². The maximum Gasteiger partial charge on any atom is 0.336 e. The van der Waals surface area contributed by atoms with Gasteiger partial charge in [-0.15, -0.1) is 10.2 Å². The van der Waals surface area contributed by atoms with Gasteiger partial charge in [0.2, 0.25) is 0 Å². The molecular formula is C24H25N3O2S. The number of hydrogen-bond donors (Lipinski definition) is 0. The monoisotopic (exact) mass is 419 g/mol. The van der Waals surface area contributed by atoms with Gasteiger partial charge < -0.3 is 4.42 Å². The van der Waals surface area contributed by atoms with E-state index in [1.54, 1.807) is 17.8 Å². The van der Waals surface area contributed by atoms with Crippen molar-refractivity contribution >= 4 is 22.7 Å². The van der Waals surface area contributed by atoms with Gasteiger partial charge in [-0.1, -0.05) is 43.3 Å². The summed E-state index contributed by atoms with van der Waals surface area (Å²) < 4.78 is 7.52. The molecule has 30 heavy (non-hydrogen) atoms. The predicted molar refractivity (Wildman–Crippen MR) is 122 cm³/mol. The highest BCUT2D eigenvalue weighted by Gasteiger charge is 2.15. The first-order valence-electron chi connectivity index (χ1n) is 10.0. The van der Waals surface area contributed by atoms with Gasteiger partial charge in [0, 0.05) is 22.9 Å². The lowest BCUT2D eigenvalue weighted by atomic mass is 9.95. The summed E-state index contributed by atoms with van der Waals surface area (Å²) in [6.45, 7) is 10.4. The van der Waals surface area contributed by atoms with Crippen molar-refractivity contribution in [3.8, 4) is 5.69 Å². The number of aryl methyl sites for hydroxylation is 3. The predicted octanol–water partition coefficient (Wildman–Crippen LogP) is 5.71. The fourth-order valence-corrected chi connectivity index (χ4v) is 4.69. The Kier molecular flexibility index (Phi) is 5.52. The molecule has 0 amide bonds. The van der Waals surface area contributed by atoms with Crippen LogP contribution in [0, 0.1) is 20.8 Å². The first kappa shape index (κ1) is 20.4. The van der Waals surface area contributed by atoms with E-state index in [2.05, 4.69) is 68.2 Å². The van der Waals surface area contributed by atoms with Gasteiger partial charge in [-0.2, -0.15) is 0 Å². The maximum atomic E-state index is 12.2. The first-order chi connectivity index (χ1) is 14.3. The van der Waals surface area contributed by atoms with E-state index in [0.29, 0.717) is 17.3 Å². The molecule has 0 aliphatic heterocycles. The number of fused-ring (bicyclic) bond motifs is 1. The van der Waals surface area contributed by atoms with Gasteiger partial charge in [0.15, 0.2) is 5.16 Å². The van der Waals surface area contributed by atoms with Crippen LogP contribution in [0.1, 0.15) is 47.8 Å². The van der Waals surface area contributed by atoms with E-state index >= 15 is 0 Å². The molecule has 0 bridgehead atoms. The van der Waals surface area contributed by atoms with Crippen LogP contribution in [0.2, 0.25) is 0 Å². The lowest BCUT2D eigenvalue weighted by Gasteiger charge is -2.13. The standard InChI is InChI=1S/C24H25N3O2S/c1-14(2)20-12-21-18(11-23(28)29-22(21)10-16(20)4)13-30-24-26-25-17(5)27(24)19-8-6-15(3)7-9-19/h6-12,14H,13H2,1-5H3. The molecule has 0 atom stereocenters. The van der Waals surface area contributed by atoms with E-state index in [1.807, 2.05) is 17.6 Å². The molecule has 0 saturated heterocycles. The zero-order valence-corrected chi connectivity index (χ0v) is 18.7. The minimum atomic E-state index is -0.328. The summed E-state index contributed by atoms with van der Waals surface area (Å²) in [7, 11) is 0. The molecule has 2 aromatic heterocycles. The average Bonchev–Trinajstić information content (AvgIpc) is 3.06. The summed E-state index contributed by atoms with van der Waals surface area (Å²) in [5, 5.41) is 10.4. The van der Waals surface area contributed by atoms with Crippen molar-refractivity contribution in [2.75, 3.05) is 0 Å². The molecule has 4 aromatic rings. The number of aromatic nitrogens is 3. The second-order valence-corrected chi connectivity index (χ2v) is 8.88. The maximum absolute atomic E-state index is 12.2. The summed E-state index contributed by atoms with van der Waals surface area (Å²) in [4.78, 5) is 12.2. The number of thioether (sulfide) groups is 1. The van der Waals surface area contributed by atoms with Gasteiger partial charge in [-0.3, -0.25) is 4.57 Å². The van der Waals surface area contributed by atoms with Crippen molar-refractivity contribution < 1.29 is 4.42 Å². The summed E-state index contributed by atoms with van der Waals surface area (Å²) >= 11 is 1.57. The Labute approximate surface area is 180 Å². The molecule has 2 aromatic carbocycles. The molecule has 5 nitrogen and oxygen atoms in total. The second-order valence-electron chi connectivity index (χ2n) is 7.94. The van der Waals surface area contributed by atoms with Crippen molar-refractivity contribution in [3.05, 3.63) is 81.0 Å². The van der Waals surface area contributed by atoms with E-state index in [0.717, 1.165) is 33.2 Å². The minimum absolute atomic E-state index is 0.328. The summed E-state index contributed by atoms with van der Waals surface area (Å²) in [5.74, 6) is 1.83. The molecule has 6 heteroatoms. The molecule has 0 spiro atoms. The number of nitrogens with zero attached hydrogens (tertiary/aromatic N) is 3. The molecule has 0 unspecified atom stereocenters. The van der Waals surface area contributed by atoms with Gasteiger partial charge in [0.25, 0.3) is 0 Å². The van der Waals surface area contributed by atoms with Crippen LogP contribution in [0.25, 0.3) is 16.7 Å². The van der Waals surface area contributed by atoms with Gasteiger partial charge in [0.1, 0.15) is 11.4 Å². The molecule has 0 aliphatic carbocycles. The molecule has 4 rings (SSSR count). The van der Waals surface area contributed by atoms with Crippen LogP contribution in [-0.2, 0) is 5.75 Å². The summed E-state index contributed by atoms with van der Waals surface area (Å²) in [6, 6.07) is 14.0. The highest BCUT2D eigenvalue weighted by Crippen LogP contribution is 2.31. The van der Waals surface area contributed by atoms with Crippen LogP contribution in [0.4, 0.5) is 0 Å². The lowest BCUT2D eigenvalue weighted by molar-refractivity contribution is 0.559. The third-order valence-electron chi connectivity index (χ3n) is 5.28. The first-order valence-corrected chi connectivity index (χ1v) is 11.0. The number of hydrogen-bond acceptors (Lipinski definition) is 5. The Bertz CT molecular complexity index is 1270. The Balaban J connectivity index is 1.72. The normalized spacial score (nSPS) is 11.5.